The molecule has 0 N–H and O–H groups in total. The molecule has 0 amide bonds. The summed E-state index contributed by atoms with van der Waals surface area (Å²) in [5, 5.41) is 0. The smallest absolute Gasteiger partial charge is 0.135 e. The van der Waals surface area contributed by atoms with Crippen molar-refractivity contribution in [1.82, 2.24) is 0 Å². The van der Waals surface area contributed by atoms with Crippen molar-refractivity contribution in [3.8, 4) is 0 Å². The number of ether oxygens (including phenoxy) is 1. The summed E-state index contributed by atoms with van der Waals surface area (Å²) in [5.41, 5.74) is 0.208. The first-order valence-corrected chi connectivity index (χ1v) is 5.14. The lowest BCUT2D eigenvalue weighted by atomic mass is 9.76. The quantitative estimate of drug-likeness (QED) is 0.673. The van der Waals surface area contributed by atoms with E-state index in [1.807, 2.05) is 13.8 Å². The van der Waals surface area contributed by atoms with E-state index in [9.17, 15) is 4.79 Å². The fourth-order valence-corrected chi connectivity index (χ4v) is 1.67. The average Bonchev–Trinajstić information content (AvgIpc) is 2.04. The molecule has 0 aliphatic carbocycles. The molecule has 2 heteroatoms. The molecule has 2 nitrogen and oxygen atoms in total. The first-order chi connectivity index (χ1) is 6.03. The van der Waals surface area contributed by atoms with E-state index < -0.39 is 0 Å². The van der Waals surface area contributed by atoms with Crippen LogP contribution in [0.4, 0.5) is 0 Å². The van der Waals surface area contributed by atoms with Crippen molar-refractivity contribution in [1.29, 1.82) is 0 Å². The third-order valence-electron chi connectivity index (χ3n) is 2.94. The van der Waals surface area contributed by atoms with Crippen molar-refractivity contribution in [2.45, 2.75) is 40.0 Å². The molecule has 1 rings (SSSR count). The van der Waals surface area contributed by atoms with Crippen LogP contribution < -0.4 is 0 Å². The molecule has 13 heavy (non-hydrogen) atoms. The first kappa shape index (κ1) is 10.7. The average molecular weight is 184 g/mol. The summed E-state index contributed by atoms with van der Waals surface area (Å²) < 4.78 is 5.30. The van der Waals surface area contributed by atoms with Crippen molar-refractivity contribution in [3.63, 3.8) is 0 Å². The van der Waals surface area contributed by atoms with E-state index in [2.05, 4.69) is 6.92 Å². The topological polar surface area (TPSA) is 26.3 Å². The SMILES string of the molecule is CC(C)C(=O)CC1(C)CCOCC1. The zero-order valence-electron chi connectivity index (χ0n) is 8.93. The molecule has 0 aromatic rings. The van der Waals surface area contributed by atoms with Crippen LogP contribution in [0.3, 0.4) is 0 Å². The molecule has 0 unspecified atom stereocenters. The van der Waals surface area contributed by atoms with Crippen LogP contribution in [0.25, 0.3) is 0 Å². The van der Waals surface area contributed by atoms with Crippen molar-refractivity contribution in [3.05, 3.63) is 0 Å². The number of Topliss-reactive ketones (excluding diaryl/α,β-unsaturated/α-hetero) is 1. The molecule has 1 fully saturated rings. The van der Waals surface area contributed by atoms with E-state index in [1.54, 1.807) is 0 Å². The van der Waals surface area contributed by atoms with E-state index in [4.69, 9.17) is 4.74 Å². The molecule has 0 aromatic heterocycles. The van der Waals surface area contributed by atoms with Crippen molar-refractivity contribution in [2.75, 3.05) is 13.2 Å². The van der Waals surface area contributed by atoms with E-state index >= 15 is 0 Å². The summed E-state index contributed by atoms with van der Waals surface area (Å²) in [6.07, 6.45) is 2.80. The monoisotopic (exact) mass is 184 g/mol. The van der Waals surface area contributed by atoms with Gasteiger partial charge in [0.1, 0.15) is 5.78 Å². The number of hydrogen-bond donors (Lipinski definition) is 0. The Hall–Kier alpha value is -0.370. The fraction of sp³-hybridized carbons (Fsp3) is 0.909. The second-order valence-corrected chi connectivity index (χ2v) is 4.72. The van der Waals surface area contributed by atoms with Gasteiger partial charge in [-0.3, -0.25) is 4.79 Å². The second-order valence-electron chi connectivity index (χ2n) is 4.72. The van der Waals surface area contributed by atoms with Gasteiger partial charge in [-0.15, -0.1) is 0 Å². The summed E-state index contributed by atoms with van der Waals surface area (Å²) in [5.74, 6) is 0.573. The maximum atomic E-state index is 11.6. The third-order valence-corrected chi connectivity index (χ3v) is 2.94. The number of hydrogen-bond acceptors (Lipinski definition) is 2. The molecule has 0 spiro atoms. The minimum atomic E-state index is 0.180. The van der Waals surface area contributed by atoms with Gasteiger partial charge in [-0.1, -0.05) is 20.8 Å². The largest absolute Gasteiger partial charge is 0.381 e. The molecule has 0 atom stereocenters. The Balaban J connectivity index is 2.45. The minimum absolute atomic E-state index is 0.180. The van der Waals surface area contributed by atoms with Crippen molar-refractivity contribution >= 4 is 5.78 Å². The van der Waals surface area contributed by atoms with Gasteiger partial charge in [-0.25, -0.2) is 0 Å². The highest BCUT2D eigenvalue weighted by Gasteiger charge is 2.30. The molecule has 0 saturated carbocycles. The van der Waals surface area contributed by atoms with E-state index in [0.717, 1.165) is 32.5 Å². The molecule has 0 radical (unpaired) electrons. The number of rotatable bonds is 3. The lowest BCUT2D eigenvalue weighted by Gasteiger charge is -2.33. The van der Waals surface area contributed by atoms with Crippen LogP contribution in [-0.2, 0) is 9.53 Å². The Bertz CT molecular complexity index is 179. The third kappa shape index (κ3) is 3.11. The summed E-state index contributed by atoms with van der Waals surface area (Å²) >= 11 is 0. The zero-order chi connectivity index (χ0) is 9.90. The van der Waals surface area contributed by atoms with Crippen LogP contribution in [-0.4, -0.2) is 19.0 Å². The standard InChI is InChI=1S/C11H20O2/c1-9(2)10(12)8-11(3)4-6-13-7-5-11/h9H,4-8H2,1-3H3. The Morgan fingerprint density at radius 3 is 2.38 bits per heavy atom. The Morgan fingerprint density at radius 2 is 1.92 bits per heavy atom. The molecular weight excluding hydrogens is 164 g/mol. The predicted octanol–water partition coefficient (Wildman–Crippen LogP) is 2.42. The van der Waals surface area contributed by atoms with Gasteiger partial charge in [-0.05, 0) is 18.3 Å². The second kappa shape index (κ2) is 4.23. The van der Waals surface area contributed by atoms with E-state index in [1.165, 1.54) is 0 Å². The van der Waals surface area contributed by atoms with Crippen molar-refractivity contribution in [2.24, 2.45) is 11.3 Å². The number of ketones is 1. The van der Waals surface area contributed by atoms with Gasteiger partial charge in [0.25, 0.3) is 0 Å². The van der Waals surface area contributed by atoms with Gasteiger partial charge in [0.15, 0.2) is 0 Å². The lowest BCUT2D eigenvalue weighted by Crippen LogP contribution is -2.30. The number of carbonyl (C=O) groups is 1. The van der Waals surface area contributed by atoms with Gasteiger partial charge in [-0.2, -0.15) is 0 Å². The molecule has 1 heterocycles. The van der Waals surface area contributed by atoms with E-state index in [-0.39, 0.29) is 11.3 Å². The fourth-order valence-electron chi connectivity index (χ4n) is 1.67. The zero-order valence-corrected chi connectivity index (χ0v) is 8.93. The highest BCUT2D eigenvalue weighted by Crippen LogP contribution is 2.34. The Morgan fingerprint density at radius 1 is 1.38 bits per heavy atom. The van der Waals surface area contributed by atoms with Crippen LogP contribution in [0.5, 0.6) is 0 Å². The molecule has 1 aliphatic rings. The maximum absolute atomic E-state index is 11.6. The Labute approximate surface area is 80.7 Å². The van der Waals surface area contributed by atoms with Crippen LogP contribution in [0.1, 0.15) is 40.0 Å². The van der Waals surface area contributed by atoms with Crippen LogP contribution >= 0.6 is 0 Å². The number of carbonyl (C=O) groups excluding carboxylic acids is 1. The summed E-state index contributed by atoms with van der Waals surface area (Å²) in [6.45, 7) is 7.80. The van der Waals surface area contributed by atoms with Gasteiger partial charge in [0, 0.05) is 25.6 Å². The molecular formula is C11H20O2. The van der Waals surface area contributed by atoms with Gasteiger partial charge >= 0.3 is 0 Å². The molecule has 0 aromatic carbocycles. The lowest BCUT2D eigenvalue weighted by molar-refractivity contribution is -0.125. The minimum Gasteiger partial charge on any atom is -0.381 e. The highest BCUT2D eigenvalue weighted by atomic mass is 16.5. The van der Waals surface area contributed by atoms with Gasteiger partial charge < -0.3 is 4.74 Å². The Kier molecular flexibility index (Phi) is 3.48. The first-order valence-electron chi connectivity index (χ1n) is 5.14. The summed E-state index contributed by atoms with van der Waals surface area (Å²) in [7, 11) is 0. The predicted molar refractivity (Wildman–Crippen MR) is 52.6 cm³/mol. The maximum Gasteiger partial charge on any atom is 0.135 e. The molecule has 0 bridgehead atoms. The summed E-state index contributed by atoms with van der Waals surface area (Å²) in [4.78, 5) is 11.6. The molecule has 76 valence electrons. The highest BCUT2D eigenvalue weighted by molar-refractivity contribution is 5.80. The van der Waals surface area contributed by atoms with Crippen molar-refractivity contribution < 1.29 is 9.53 Å². The van der Waals surface area contributed by atoms with Crippen LogP contribution in [0.15, 0.2) is 0 Å². The van der Waals surface area contributed by atoms with E-state index in [0.29, 0.717) is 5.78 Å². The van der Waals surface area contributed by atoms with Crippen LogP contribution in [0.2, 0.25) is 0 Å². The normalized spacial score (nSPS) is 21.8. The van der Waals surface area contributed by atoms with Gasteiger partial charge in [0.2, 0.25) is 0 Å². The van der Waals surface area contributed by atoms with Gasteiger partial charge in [0.05, 0.1) is 0 Å². The molecule has 1 aliphatic heterocycles. The molecule has 1 saturated heterocycles. The van der Waals surface area contributed by atoms with Crippen LogP contribution in [0, 0.1) is 11.3 Å². The summed E-state index contributed by atoms with van der Waals surface area (Å²) in [6, 6.07) is 0.